The van der Waals surface area contributed by atoms with Crippen molar-refractivity contribution in [1.29, 1.82) is 0 Å². The van der Waals surface area contributed by atoms with Crippen molar-refractivity contribution in [3.05, 3.63) is 36.4 Å². The van der Waals surface area contributed by atoms with E-state index in [1.54, 1.807) is 17.4 Å². The van der Waals surface area contributed by atoms with Crippen LogP contribution < -0.4 is 5.32 Å². The number of fused-ring (bicyclic) bond motifs is 1. The first-order valence-electron chi connectivity index (χ1n) is 5.75. The Hall–Kier alpha value is -1.88. The minimum atomic E-state index is -0.764. The number of hydrogen-bond donors (Lipinski definition) is 2. The molecule has 1 aromatic heterocycles. The highest BCUT2D eigenvalue weighted by Crippen LogP contribution is 2.28. The summed E-state index contributed by atoms with van der Waals surface area (Å²) in [6.45, 7) is 0. The summed E-state index contributed by atoms with van der Waals surface area (Å²) in [5.41, 5.74) is 0.974. The van der Waals surface area contributed by atoms with Crippen molar-refractivity contribution < 1.29 is 9.90 Å². The zero-order chi connectivity index (χ0) is 12.5. The van der Waals surface area contributed by atoms with Crippen molar-refractivity contribution in [2.45, 2.75) is 12.5 Å². The van der Waals surface area contributed by atoms with E-state index in [9.17, 15) is 4.79 Å². The maximum absolute atomic E-state index is 10.8. The van der Waals surface area contributed by atoms with Crippen LogP contribution in [0.3, 0.4) is 0 Å². The van der Waals surface area contributed by atoms with Crippen molar-refractivity contribution in [2.75, 3.05) is 5.32 Å². The van der Waals surface area contributed by atoms with Crippen molar-refractivity contribution in [3.63, 3.8) is 0 Å². The van der Waals surface area contributed by atoms with Crippen LogP contribution in [0.5, 0.6) is 0 Å². The summed E-state index contributed by atoms with van der Waals surface area (Å²) in [6, 6.07) is 8.01. The fourth-order valence-electron chi connectivity index (χ4n) is 2.08. The number of anilines is 1. The molecule has 92 valence electrons. The van der Waals surface area contributed by atoms with E-state index in [0.717, 1.165) is 15.3 Å². The molecule has 2 unspecified atom stereocenters. The van der Waals surface area contributed by atoms with Gasteiger partial charge >= 0.3 is 5.97 Å². The van der Waals surface area contributed by atoms with Gasteiger partial charge in [0, 0.05) is 6.04 Å². The van der Waals surface area contributed by atoms with Gasteiger partial charge in [-0.3, -0.25) is 4.79 Å². The Labute approximate surface area is 108 Å². The van der Waals surface area contributed by atoms with Gasteiger partial charge in [-0.1, -0.05) is 35.6 Å². The Morgan fingerprint density at radius 3 is 2.94 bits per heavy atom. The largest absolute Gasteiger partial charge is 0.481 e. The second-order valence-electron chi connectivity index (χ2n) is 4.30. The molecule has 3 rings (SSSR count). The number of carboxylic acids is 1. The molecule has 18 heavy (non-hydrogen) atoms. The average molecular weight is 260 g/mol. The van der Waals surface area contributed by atoms with E-state index in [0.29, 0.717) is 6.42 Å². The van der Waals surface area contributed by atoms with Gasteiger partial charge in [-0.15, -0.1) is 0 Å². The van der Waals surface area contributed by atoms with Crippen LogP contribution in [0.25, 0.3) is 10.2 Å². The van der Waals surface area contributed by atoms with Gasteiger partial charge in [-0.2, -0.15) is 0 Å². The van der Waals surface area contributed by atoms with Crippen LogP contribution in [0.2, 0.25) is 0 Å². The summed E-state index contributed by atoms with van der Waals surface area (Å²) >= 11 is 1.59. The molecule has 1 aliphatic carbocycles. The topological polar surface area (TPSA) is 62.2 Å². The van der Waals surface area contributed by atoms with Crippen LogP contribution in [0.4, 0.5) is 5.13 Å². The van der Waals surface area contributed by atoms with E-state index in [1.807, 2.05) is 30.3 Å². The Morgan fingerprint density at radius 2 is 2.22 bits per heavy atom. The van der Waals surface area contributed by atoms with Crippen LogP contribution in [0, 0.1) is 5.92 Å². The third-order valence-corrected chi connectivity index (χ3v) is 3.97. The van der Waals surface area contributed by atoms with E-state index in [-0.39, 0.29) is 12.0 Å². The van der Waals surface area contributed by atoms with Crippen LogP contribution in [0.15, 0.2) is 36.4 Å². The lowest BCUT2D eigenvalue weighted by molar-refractivity contribution is -0.140. The number of aliphatic carboxylic acids is 1. The molecule has 0 amide bonds. The lowest BCUT2D eigenvalue weighted by Crippen LogP contribution is -2.18. The summed E-state index contributed by atoms with van der Waals surface area (Å²) in [6.07, 6.45) is 4.24. The molecule has 4 nitrogen and oxygen atoms in total. The van der Waals surface area contributed by atoms with Crippen LogP contribution >= 0.6 is 11.3 Å². The molecule has 0 bridgehead atoms. The first-order chi connectivity index (χ1) is 8.72. The fraction of sp³-hybridized carbons (Fsp3) is 0.231. The SMILES string of the molecule is O=C(O)C1C=CC(Nc2nc3ccccc3s2)C1. The maximum atomic E-state index is 10.8. The van der Waals surface area contributed by atoms with Gasteiger partial charge in [-0.05, 0) is 18.6 Å². The third kappa shape index (κ3) is 2.09. The van der Waals surface area contributed by atoms with E-state index >= 15 is 0 Å². The van der Waals surface area contributed by atoms with E-state index in [1.165, 1.54) is 0 Å². The van der Waals surface area contributed by atoms with Crippen LogP contribution in [-0.2, 0) is 4.79 Å². The lowest BCUT2D eigenvalue weighted by atomic mass is 10.1. The van der Waals surface area contributed by atoms with Gasteiger partial charge in [0.05, 0.1) is 16.1 Å². The number of nitrogens with one attached hydrogen (secondary N) is 1. The minimum Gasteiger partial charge on any atom is -0.481 e. The van der Waals surface area contributed by atoms with Crippen LogP contribution in [0.1, 0.15) is 6.42 Å². The summed E-state index contributed by atoms with van der Waals surface area (Å²) in [7, 11) is 0. The molecule has 0 aliphatic heterocycles. The Morgan fingerprint density at radius 1 is 1.39 bits per heavy atom. The number of rotatable bonds is 3. The molecule has 5 heteroatoms. The normalized spacial score (nSPS) is 22.4. The molecule has 2 atom stereocenters. The van der Waals surface area contributed by atoms with E-state index in [4.69, 9.17) is 5.11 Å². The zero-order valence-electron chi connectivity index (χ0n) is 9.54. The molecular formula is C13H12N2O2S. The second kappa shape index (κ2) is 4.42. The van der Waals surface area contributed by atoms with Gasteiger partial charge in [-0.25, -0.2) is 4.98 Å². The summed E-state index contributed by atoms with van der Waals surface area (Å²) in [4.78, 5) is 15.3. The number of carbonyl (C=O) groups is 1. The quantitative estimate of drug-likeness (QED) is 0.833. The van der Waals surface area contributed by atoms with Gasteiger partial charge in [0.25, 0.3) is 0 Å². The first-order valence-corrected chi connectivity index (χ1v) is 6.57. The molecule has 0 fully saturated rings. The fourth-order valence-corrected chi connectivity index (χ4v) is 3.01. The Bertz CT molecular complexity index is 587. The number of hydrogen-bond acceptors (Lipinski definition) is 4. The standard InChI is InChI=1S/C13H12N2O2S/c16-12(17)8-5-6-9(7-8)14-13-15-10-3-1-2-4-11(10)18-13/h1-6,8-9H,7H2,(H,14,15)(H,16,17). The van der Waals surface area contributed by atoms with E-state index < -0.39 is 5.97 Å². The number of thiazole rings is 1. The van der Waals surface area contributed by atoms with Crippen molar-refractivity contribution in [1.82, 2.24) is 4.98 Å². The predicted octanol–water partition coefficient (Wildman–Crippen LogP) is 2.74. The monoisotopic (exact) mass is 260 g/mol. The molecule has 0 saturated carbocycles. The van der Waals surface area contributed by atoms with Gasteiger partial charge in [0.15, 0.2) is 5.13 Å². The van der Waals surface area contributed by atoms with Crippen molar-refractivity contribution >= 4 is 32.7 Å². The first kappa shape index (κ1) is 11.2. The molecule has 1 heterocycles. The molecule has 0 radical (unpaired) electrons. The van der Waals surface area contributed by atoms with Crippen molar-refractivity contribution in [3.8, 4) is 0 Å². The summed E-state index contributed by atoms with van der Waals surface area (Å²) in [5.74, 6) is -1.14. The number of para-hydroxylation sites is 1. The number of aromatic nitrogens is 1. The number of benzene rings is 1. The van der Waals surface area contributed by atoms with Gasteiger partial charge < -0.3 is 10.4 Å². The number of nitrogens with zero attached hydrogens (tertiary/aromatic N) is 1. The highest BCUT2D eigenvalue weighted by atomic mass is 32.1. The maximum Gasteiger partial charge on any atom is 0.310 e. The number of carboxylic acid groups (broad SMARTS) is 1. The lowest BCUT2D eigenvalue weighted by Gasteiger charge is -2.10. The molecule has 0 spiro atoms. The Balaban J connectivity index is 1.74. The molecule has 0 saturated heterocycles. The summed E-state index contributed by atoms with van der Waals surface area (Å²) in [5, 5.41) is 13.0. The predicted molar refractivity (Wildman–Crippen MR) is 71.9 cm³/mol. The van der Waals surface area contributed by atoms with Crippen LogP contribution in [-0.4, -0.2) is 22.1 Å². The molecular weight excluding hydrogens is 248 g/mol. The van der Waals surface area contributed by atoms with Gasteiger partial charge in [0.1, 0.15) is 0 Å². The Kier molecular flexibility index (Phi) is 2.76. The highest BCUT2D eigenvalue weighted by molar-refractivity contribution is 7.22. The van der Waals surface area contributed by atoms with E-state index in [2.05, 4.69) is 10.3 Å². The highest BCUT2D eigenvalue weighted by Gasteiger charge is 2.24. The molecule has 2 N–H and O–H groups in total. The molecule has 1 aromatic carbocycles. The summed E-state index contributed by atoms with van der Waals surface area (Å²) < 4.78 is 1.14. The molecule has 2 aromatic rings. The van der Waals surface area contributed by atoms with Crippen molar-refractivity contribution in [2.24, 2.45) is 5.92 Å². The van der Waals surface area contributed by atoms with Gasteiger partial charge in [0.2, 0.25) is 0 Å². The average Bonchev–Trinajstić information content (AvgIpc) is 2.94. The second-order valence-corrected chi connectivity index (χ2v) is 5.33. The molecule has 1 aliphatic rings. The smallest absolute Gasteiger partial charge is 0.310 e. The minimum absolute atomic E-state index is 0.0617. The third-order valence-electron chi connectivity index (χ3n) is 3.00. The zero-order valence-corrected chi connectivity index (χ0v) is 10.4.